The van der Waals surface area contributed by atoms with Gasteiger partial charge in [0.15, 0.2) is 0 Å². The van der Waals surface area contributed by atoms with Crippen LogP contribution in [0.25, 0.3) is 0 Å². The Morgan fingerprint density at radius 1 is 1.33 bits per heavy atom. The van der Waals surface area contributed by atoms with Gasteiger partial charge in [0.1, 0.15) is 24.0 Å². The number of hydrogen-bond acceptors (Lipinski definition) is 6. The molecule has 0 bridgehead atoms. The number of carbonyl (C=O) groups excluding carboxylic acids is 1. The first kappa shape index (κ1) is 17.9. The van der Waals surface area contributed by atoms with Crippen molar-refractivity contribution in [3.8, 4) is 5.75 Å². The highest BCUT2D eigenvalue weighted by Gasteiger charge is 2.30. The minimum atomic E-state index is -4.41. The van der Waals surface area contributed by atoms with Gasteiger partial charge in [-0.25, -0.2) is 4.79 Å². The number of urea groups is 1. The number of amides is 2. The maximum absolute atomic E-state index is 12.4. The third-order valence-electron chi connectivity index (χ3n) is 2.70. The zero-order valence-electron chi connectivity index (χ0n) is 12.1. The maximum atomic E-state index is 12.4. The number of aliphatic hydroxyl groups excluding tert-OH is 1. The molecule has 7 nitrogen and oxygen atoms in total. The molecular formula is C13H13F3N4O3S. The monoisotopic (exact) mass is 362 g/mol. The van der Waals surface area contributed by atoms with Crippen molar-refractivity contribution in [3.63, 3.8) is 0 Å². The van der Waals surface area contributed by atoms with Gasteiger partial charge in [-0.2, -0.15) is 13.2 Å². The van der Waals surface area contributed by atoms with Crippen molar-refractivity contribution in [2.75, 3.05) is 18.5 Å². The summed E-state index contributed by atoms with van der Waals surface area (Å²) in [5, 5.41) is 22.0. The van der Waals surface area contributed by atoms with E-state index in [0.29, 0.717) is 5.13 Å². The van der Waals surface area contributed by atoms with E-state index in [4.69, 9.17) is 4.74 Å². The number of benzene rings is 1. The standard InChI is InChI=1S/C13H13F3N4O3S/c14-13(15,16)8-1-3-10(4-2-8)23-6-9(21)5-17-11(22)19-12-20-18-7-24-12/h1-4,7,9,21H,5-6H2,(H2,17,19,20,22)/t9-/m0/s1. The summed E-state index contributed by atoms with van der Waals surface area (Å²) >= 11 is 1.13. The van der Waals surface area contributed by atoms with Gasteiger partial charge in [-0.1, -0.05) is 11.3 Å². The minimum absolute atomic E-state index is 0.106. The van der Waals surface area contributed by atoms with Gasteiger partial charge in [-0.05, 0) is 24.3 Å². The average Bonchev–Trinajstić information content (AvgIpc) is 3.03. The first-order valence-corrected chi connectivity index (χ1v) is 7.51. The Kier molecular flexibility index (Phi) is 5.93. The molecule has 2 aromatic rings. The van der Waals surface area contributed by atoms with Crippen LogP contribution in [0.2, 0.25) is 0 Å². The van der Waals surface area contributed by atoms with E-state index in [1.165, 1.54) is 5.51 Å². The quantitative estimate of drug-likeness (QED) is 0.731. The SMILES string of the molecule is O=C(NC[C@H](O)COc1ccc(C(F)(F)F)cc1)Nc1nncs1. The molecule has 24 heavy (non-hydrogen) atoms. The van der Waals surface area contributed by atoms with Crippen LogP contribution in [-0.4, -0.2) is 40.6 Å². The number of carbonyl (C=O) groups is 1. The minimum Gasteiger partial charge on any atom is -0.491 e. The number of anilines is 1. The van der Waals surface area contributed by atoms with Gasteiger partial charge in [0.2, 0.25) is 5.13 Å². The van der Waals surface area contributed by atoms with Gasteiger partial charge >= 0.3 is 12.2 Å². The molecule has 0 aliphatic carbocycles. The lowest BCUT2D eigenvalue weighted by atomic mass is 10.2. The molecule has 2 rings (SSSR count). The summed E-state index contributed by atoms with van der Waals surface area (Å²) in [6.07, 6.45) is -5.45. The number of alkyl halides is 3. The third kappa shape index (κ3) is 5.66. The lowest BCUT2D eigenvalue weighted by molar-refractivity contribution is -0.137. The van der Waals surface area contributed by atoms with Crippen LogP contribution in [0.5, 0.6) is 5.75 Å². The van der Waals surface area contributed by atoms with E-state index in [0.717, 1.165) is 35.6 Å². The number of aromatic nitrogens is 2. The molecule has 1 atom stereocenters. The van der Waals surface area contributed by atoms with Gasteiger partial charge in [0, 0.05) is 6.54 Å². The Labute approximate surface area is 138 Å². The fourth-order valence-corrected chi connectivity index (χ4v) is 2.01. The van der Waals surface area contributed by atoms with Gasteiger partial charge in [0.25, 0.3) is 0 Å². The van der Waals surface area contributed by atoms with E-state index >= 15 is 0 Å². The number of ether oxygens (including phenoxy) is 1. The number of halogens is 3. The molecule has 0 fully saturated rings. The van der Waals surface area contributed by atoms with Crippen molar-refractivity contribution >= 4 is 22.5 Å². The summed E-state index contributed by atoms with van der Waals surface area (Å²) in [5.74, 6) is 0.181. The molecule has 1 aromatic heterocycles. The van der Waals surface area contributed by atoms with Crippen molar-refractivity contribution in [2.45, 2.75) is 12.3 Å². The zero-order chi connectivity index (χ0) is 17.6. The Morgan fingerprint density at radius 2 is 2.04 bits per heavy atom. The summed E-state index contributed by atoms with van der Waals surface area (Å²) in [6.45, 7) is -0.296. The van der Waals surface area contributed by atoms with Gasteiger partial charge < -0.3 is 15.2 Å². The molecule has 0 unspecified atom stereocenters. The molecule has 0 aliphatic heterocycles. The molecule has 3 N–H and O–H groups in total. The predicted octanol–water partition coefficient (Wildman–Crippen LogP) is 2.12. The van der Waals surface area contributed by atoms with Crippen molar-refractivity contribution < 1.29 is 27.8 Å². The van der Waals surface area contributed by atoms with Gasteiger partial charge in [0.05, 0.1) is 5.56 Å². The molecule has 130 valence electrons. The molecule has 0 radical (unpaired) electrons. The van der Waals surface area contributed by atoms with Crippen LogP contribution in [0.3, 0.4) is 0 Å². The summed E-state index contributed by atoms with van der Waals surface area (Å²) in [7, 11) is 0. The third-order valence-corrected chi connectivity index (χ3v) is 3.31. The predicted molar refractivity (Wildman–Crippen MR) is 79.9 cm³/mol. The fraction of sp³-hybridized carbons (Fsp3) is 0.308. The second-order valence-corrected chi connectivity index (χ2v) is 5.40. The van der Waals surface area contributed by atoms with E-state index in [-0.39, 0.29) is 18.9 Å². The highest BCUT2D eigenvalue weighted by molar-refractivity contribution is 7.13. The number of nitrogens with zero attached hydrogens (tertiary/aromatic N) is 2. The lowest BCUT2D eigenvalue weighted by Crippen LogP contribution is -2.37. The smallest absolute Gasteiger partial charge is 0.416 e. The molecule has 0 aliphatic rings. The molecule has 0 saturated carbocycles. The summed E-state index contributed by atoms with van der Waals surface area (Å²) < 4.78 is 42.4. The molecule has 0 spiro atoms. The van der Waals surface area contributed by atoms with Gasteiger partial charge in [-0.15, -0.1) is 10.2 Å². The van der Waals surface area contributed by atoms with Crippen molar-refractivity contribution in [3.05, 3.63) is 35.3 Å². The number of rotatable bonds is 6. The van der Waals surface area contributed by atoms with Crippen molar-refractivity contribution in [1.82, 2.24) is 15.5 Å². The van der Waals surface area contributed by atoms with E-state index < -0.39 is 23.9 Å². The normalized spacial score (nSPS) is 12.5. The average molecular weight is 362 g/mol. The van der Waals surface area contributed by atoms with E-state index in [2.05, 4.69) is 20.8 Å². The highest BCUT2D eigenvalue weighted by Crippen LogP contribution is 2.30. The zero-order valence-corrected chi connectivity index (χ0v) is 12.9. The first-order valence-electron chi connectivity index (χ1n) is 6.64. The Bertz CT molecular complexity index is 649. The summed E-state index contributed by atoms with van der Waals surface area (Å²) in [4.78, 5) is 11.5. The molecule has 0 saturated heterocycles. The Balaban J connectivity index is 1.71. The fourth-order valence-electron chi connectivity index (χ4n) is 1.57. The second-order valence-electron chi connectivity index (χ2n) is 4.57. The molecule has 1 aromatic carbocycles. The largest absolute Gasteiger partial charge is 0.491 e. The van der Waals surface area contributed by atoms with Crippen molar-refractivity contribution in [2.24, 2.45) is 0 Å². The van der Waals surface area contributed by atoms with Crippen LogP contribution in [0.1, 0.15) is 5.56 Å². The number of hydrogen-bond donors (Lipinski definition) is 3. The molecule has 1 heterocycles. The first-order chi connectivity index (χ1) is 11.3. The molecule has 2 amide bonds. The van der Waals surface area contributed by atoms with Crippen LogP contribution in [0, 0.1) is 0 Å². The lowest BCUT2D eigenvalue weighted by Gasteiger charge is -2.14. The Morgan fingerprint density at radius 3 is 2.62 bits per heavy atom. The van der Waals surface area contributed by atoms with E-state index in [1.54, 1.807) is 0 Å². The van der Waals surface area contributed by atoms with Crippen LogP contribution in [0.15, 0.2) is 29.8 Å². The van der Waals surface area contributed by atoms with Crippen LogP contribution >= 0.6 is 11.3 Å². The highest BCUT2D eigenvalue weighted by atomic mass is 32.1. The van der Waals surface area contributed by atoms with Crippen LogP contribution < -0.4 is 15.4 Å². The second kappa shape index (κ2) is 7.93. The van der Waals surface area contributed by atoms with Crippen molar-refractivity contribution in [1.29, 1.82) is 0 Å². The van der Waals surface area contributed by atoms with Crippen LogP contribution in [0.4, 0.5) is 23.1 Å². The summed E-state index contributed by atoms with van der Waals surface area (Å²) in [6, 6.07) is 3.52. The number of nitrogens with one attached hydrogen (secondary N) is 2. The molecular weight excluding hydrogens is 349 g/mol. The topological polar surface area (TPSA) is 96.4 Å². The van der Waals surface area contributed by atoms with E-state index in [9.17, 15) is 23.1 Å². The Hall–Kier alpha value is -2.40. The van der Waals surface area contributed by atoms with Crippen LogP contribution in [-0.2, 0) is 6.18 Å². The maximum Gasteiger partial charge on any atom is 0.416 e. The number of aliphatic hydroxyl groups is 1. The van der Waals surface area contributed by atoms with E-state index in [1.807, 2.05) is 0 Å². The summed E-state index contributed by atoms with van der Waals surface area (Å²) in [5.41, 5.74) is 0.660. The van der Waals surface area contributed by atoms with Gasteiger partial charge in [-0.3, -0.25) is 5.32 Å². The molecule has 11 heteroatoms.